The van der Waals surface area contributed by atoms with Gasteiger partial charge in [0.25, 0.3) is 0 Å². The van der Waals surface area contributed by atoms with Crippen LogP contribution in [0.4, 0.5) is 0 Å². The minimum Gasteiger partial charge on any atom is -0.493 e. The number of aryl methyl sites for hydroxylation is 1. The molecule has 0 aliphatic heterocycles. The van der Waals surface area contributed by atoms with Gasteiger partial charge in [-0.2, -0.15) is 5.10 Å². The van der Waals surface area contributed by atoms with Gasteiger partial charge in [0.15, 0.2) is 0 Å². The highest BCUT2D eigenvalue weighted by Crippen LogP contribution is 2.18. The molecule has 124 valence electrons. The molecular formula is C16H20ClN3O3. The Hall–Kier alpha value is -2.05. The number of nitrogens with one attached hydrogen (secondary N) is 1. The molecule has 0 saturated carbocycles. The summed E-state index contributed by atoms with van der Waals surface area (Å²) < 4.78 is 7.06. The zero-order chi connectivity index (χ0) is 16.9. The molecule has 0 fully saturated rings. The fourth-order valence-corrected chi connectivity index (χ4v) is 2.08. The molecule has 0 spiro atoms. The van der Waals surface area contributed by atoms with Crippen LogP contribution in [0.25, 0.3) is 0 Å². The van der Waals surface area contributed by atoms with Gasteiger partial charge in [0.05, 0.1) is 25.8 Å². The molecule has 2 N–H and O–H groups in total. The number of carbonyl (C=O) groups is 1. The van der Waals surface area contributed by atoms with Gasteiger partial charge in [0.1, 0.15) is 11.4 Å². The Morgan fingerprint density at radius 1 is 1.43 bits per heavy atom. The molecule has 6 nitrogen and oxygen atoms in total. The molecule has 7 heteroatoms. The molecule has 0 aliphatic rings. The van der Waals surface area contributed by atoms with Crippen molar-refractivity contribution >= 4 is 17.5 Å². The lowest BCUT2D eigenvalue weighted by Gasteiger charge is -2.22. The maximum Gasteiger partial charge on any atom is 0.223 e. The van der Waals surface area contributed by atoms with E-state index in [0.717, 1.165) is 0 Å². The van der Waals surface area contributed by atoms with Gasteiger partial charge < -0.3 is 15.2 Å². The van der Waals surface area contributed by atoms with E-state index in [-0.39, 0.29) is 25.5 Å². The summed E-state index contributed by atoms with van der Waals surface area (Å²) >= 11 is 5.78. The van der Waals surface area contributed by atoms with E-state index in [1.807, 2.05) is 0 Å². The Balaban J connectivity index is 1.73. The Bertz CT molecular complexity index is 653. The van der Waals surface area contributed by atoms with E-state index >= 15 is 0 Å². The number of aliphatic hydroxyl groups is 1. The molecular weight excluding hydrogens is 318 g/mol. The number of rotatable bonds is 7. The second-order valence-corrected chi connectivity index (χ2v) is 5.94. The van der Waals surface area contributed by atoms with Crippen LogP contribution in [-0.2, 0) is 17.4 Å². The van der Waals surface area contributed by atoms with Crippen LogP contribution in [-0.4, -0.2) is 33.9 Å². The predicted octanol–water partition coefficient (Wildman–Crippen LogP) is 1.87. The number of amides is 1. The van der Waals surface area contributed by atoms with Crippen molar-refractivity contribution in [1.29, 1.82) is 0 Å². The van der Waals surface area contributed by atoms with Crippen LogP contribution in [0.15, 0.2) is 36.7 Å². The normalized spacial score (nSPS) is 13.4. The van der Waals surface area contributed by atoms with Gasteiger partial charge in [-0.05, 0) is 31.2 Å². The van der Waals surface area contributed by atoms with Crippen molar-refractivity contribution < 1.29 is 14.6 Å². The van der Waals surface area contributed by atoms with E-state index in [1.165, 1.54) is 0 Å². The van der Waals surface area contributed by atoms with Crippen molar-refractivity contribution in [3.63, 3.8) is 0 Å². The zero-order valence-electron chi connectivity index (χ0n) is 13.1. The van der Waals surface area contributed by atoms with E-state index in [0.29, 0.717) is 16.3 Å². The second-order valence-electron chi connectivity index (χ2n) is 5.51. The van der Waals surface area contributed by atoms with Crippen LogP contribution in [0.1, 0.15) is 18.9 Å². The summed E-state index contributed by atoms with van der Waals surface area (Å²) in [5.41, 5.74) is -0.515. The molecule has 2 aromatic rings. The average molecular weight is 338 g/mol. The van der Waals surface area contributed by atoms with Gasteiger partial charge in [-0.15, -0.1) is 0 Å². The van der Waals surface area contributed by atoms with Gasteiger partial charge >= 0.3 is 0 Å². The van der Waals surface area contributed by atoms with Crippen LogP contribution in [0, 0.1) is 0 Å². The van der Waals surface area contributed by atoms with Gasteiger partial charge in [-0.25, -0.2) is 0 Å². The number of halogens is 1. The standard InChI is InChI=1S/C16H20ClN3O3/c1-16(22,12-9-19-20(2)10-12)11-18-15(21)7-8-23-14-5-3-13(17)4-6-14/h3-6,9-10,22H,7-8,11H2,1-2H3,(H,18,21). The van der Waals surface area contributed by atoms with Gasteiger partial charge in [0.2, 0.25) is 5.91 Å². The van der Waals surface area contributed by atoms with E-state index in [2.05, 4.69) is 10.4 Å². The first-order valence-corrected chi connectivity index (χ1v) is 7.61. The van der Waals surface area contributed by atoms with Crippen molar-refractivity contribution in [3.8, 4) is 5.75 Å². The van der Waals surface area contributed by atoms with Crippen molar-refractivity contribution in [2.24, 2.45) is 7.05 Å². The first-order chi connectivity index (χ1) is 10.9. The number of aromatic nitrogens is 2. The Morgan fingerprint density at radius 3 is 2.74 bits per heavy atom. The maximum absolute atomic E-state index is 11.8. The Kier molecular flexibility index (Phi) is 5.63. The van der Waals surface area contributed by atoms with Crippen molar-refractivity contribution in [2.75, 3.05) is 13.2 Å². The van der Waals surface area contributed by atoms with Crippen LogP contribution in [0.3, 0.4) is 0 Å². The fraction of sp³-hybridized carbons (Fsp3) is 0.375. The summed E-state index contributed by atoms with van der Waals surface area (Å²) in [4.78, 5) is 11.8. The van der Waals surface area contributed by atoms with Gasteiger partial charge in [0, 0.05) is 23.8 Å². The van der Waals surface area contributed by atoms with Crippen LogP contribution >= 0.6 is 11.6 Å². The number of nitrogens with zero attached hydrogens (tertiary/aromatic N) is 2. The lowest BCUT2D eigenvalue weighted by Crippen LogP contribution is -2.38. The van der Waals surface area contributed by atoms with Gasteiger partial charge in [-0.1, -0.05) is 11.6 Å². The van der Waals surface area contributed by atoms with Crippen LogP contribution in [0.5, 0.6) is 5.75 Å². The highest BCUT2D eigenvalue weighted by molar-refractivity contribution is 6.30. The third-order valence-electron chi connectivity index (χ3n) is 3.37. The largest absolute Gasteiger partial charge is 0.493 e. The SMILES string of the molecule is Cn1cc(C(C)(O)CNC(=O)CCOc2ccc(Cl)cc2)cn1. The summed E-state index contributed by atoms with van der Waals surface area (Å²) in [6, 6.07) is 6.94. The third kappa shape index (κ3) is 5.26. The van der Waals surface area contributed by atoms with E-state index in [4.69, 9.17) is 16.3 Å². The molecule has 0 radical (unpaired) electrons. The van der Waals surface area contributed by atoms with E-state index in [9.17, 15) is 9.90 Å². The Labute approximate surface area is 140 Å². The number of carbonyl (C=O) groups excluding carboxylic acids is 1. The first kappa shape index (κ1) is 17.3. The van der Waals surface area contributed by atoms with Crippen LogP contribution < -0.4 is 10.1 Å². The fourth-order valence-electron chi connectivity index (χ4n) is 1.95. The molecule has 1 aromatic carbocycles. The lowest BCUT2D eigenvalue weighted by atomic mass is 10.00. The van der Waals surface area contributed by atoms with Gasteiger partial charge in [-0.3, -0.25) is 9.48 Å². The highest BCUT2D eigenvalue weighted by atomic mass is 35.5. The molecule has 1 aromatic heterocycles. The number of hydrogen-bond acceptors (Lipinski definition) is 4. The third-order valence-corrected chi connectivity index (χ3v) is 3.62. The summed E-state index contributed by atoms with van der Waals surface area (Å²) in [7, 11) is 1.77. The number of ether oxygens (including phenoxy) is 1. The molecule has 23 heavy (non-hydrogen) atoms. The summed E-state index contributed by atoms with van der Waals surface area (Å²) in [5.74, 6) is 0.465. The van der Waals surface area contributed by atoms with Crippen molar-refractivity contribution in [1.82, 2.24) is 15.1 Å². The number of benzene rings is 1. The highest BCUT2D eigenvalue weighted by Gasteiger charge is 2.25. The molecule has 1 atom stereocenters. The monoisotopic (exact) mass is 337 g/mol. The molecule has 1 unspecified atom stereocenters. The van der Waals surface area contributed by atoms with Crippen molar-refractivity contribution in [2.45, 2.75) is 18.9 Å². The minimum atomic E-state index is -1.17. The summed E-state index contributed by atoms with van der Waals surface area (Å²) in [6.45, 7) is 2.00. The molecule has 2 rings (SSSR count). The second kappa shape index (κ2) is 7.48. The average Bonchev–Trinajstić information content (AvgIpc) is 2.95. The molecule has 0 aliphatic carbocycles. The minimum absolute atomic E-state index is 0.110. The van der Waals surface area contributed by atoms with E-state index < -0.39 is 5.60 Å². The smallest absolute Gasteiger partial charge is 0.223 e. The van der Waals surface area contributed by atoms with E-state index in [1.54, 1.807) is 55.3 Å². The molecule has 0 saturated heterocycles. The number of hydrogen-bond donors (Lipinski definition) is 2. The topological polar surface area (TPSA) is 76.4 Å². The van der Waals surface area contributed by atoms with Crippen molar-refractivity contribution in [3.05, 3.63) is 47.2 Å². The zero-order valence-corrected chi connectivity index (χ0v) is 13.9. The Morgan fingerprint density at radius 2 is 2.13 bits per heavy atom. The van der Waals surface area contributed by atoms with Crippen LogP contribution in [0.2, 0.25) is 5.02 Å². The maximum atomic E-state index is 11.8. The first-order valence-electron chi connectivity index (χ1n) is 7.23. The molecule has 0 bridgehead atoms. The quantitative estimate of drug-likeness (QED) is 0.808. The summed E-state index contributed by atoms with van der Waals surface area (Å²) in [6.07, 6.45) is 3.50. The lowest BCUT2D eigenvalue weighted by molar-refractivity contribution is -0.122. The molecule has 1 amide bonds. The summed E-state index contributed by atoms with van der Waals surface area (Å²) in [5, 5.41) is 17.7. The molecule has 1 heterocycles. The predicted molar refractivity (Wildman–Crippen MR) is 87.4 cm³/mol.